The zero-order chi connectivity index (χ0) is 16.1. The standard InChI is InChI=1S/C21H17FO/c1-2-16-12-13-21(23-15-17-8-4-3-5-9-17)19(14-16)18-10-6-7-11-20(18)22/h2-14H,1,15H2. The Kier molecular flexibility index (Phi) is 4.53. The van der Waals surface area contributed by atoms with E-state index in [1.54, 1.807) is 18.2 Å². The third-order valence-corrected chi connectivity index (χ3v) is 3.64. The monoisotopic (exact) mass is 304 g/mol. The molecule has 0 saturated heterocycles. The second kappa shape index (κ2) is 6.93. The summed E-state index contributed by atoms with van der Waals surface area (Å²) < 4.78 is 20.1. The van der Waals surface area contributed by atoms with Crippen molar-refractivity contribution in [2.45, 2.75) is 6.61 Å². The van der Waals surface area contributed by atoms with Crippen molar-refractivity contribution in [1.82, 2.24) is 0 Å². The first kappa shape index (κ1) is 15.0. The van der Waals surface area contributed by atoms with Gasteiger partial charge in [0, 0.05) is 11.1 Å². The van der Waals surface area contributed by atoms with Crippen LogP contribution in [0.15, 0.2) is 79.4 Å². The predicted octanol–water partition coefficient (Wildman–Crippen LogP) is 5.71. The molecule has 0 fully saturated rings. The number of rotatable bonds is 5. The molecule has 3 aromatic rings. The van der Waals surface area contributed by atoms with E-state index in [0.717, 1.165) is 16.7 Å². The number of hydrogen-bond acceptors (Lipinski definition) is 1. The summed E-state index contributed by atoms with van der Waals surface area (Å²) in [6, 6.07) is 22.3. The molecule has 0 bridgehead atoms. The quantitative estimate of drug-likeness (QED) is 0.586. The fraction of sp³-hybridized carbons (Fsp3) is 0.0476. The highest BCUT2D eigenvalue weighted by atomic mass is 19.1. The highest BCUT2D eigenvalue weighted by Crippen LogP contribution is 2.33. The van der Waals surface area contributed by atoms with E-state index in [2.05, 4.69) is 6.58 Å². The molecule has 0 heterocycles. The molecular formula is C21H17FO. The first-order valence-electron chi connectivity index (χ1n) is 7.46. The number of benzene rings is 3. The van der Waals surface area contributed by atoms with Gasteiger partial charge in [-0.25, -0.2) is 4.39 Å². The van der Waals surface area contributed by atoms with Crippen molar-refractivity contribution in [1.29, 1.82) is 0 Å². The van der Waals surface area contributed by atoms with Crippen LogP contribution in [0, 0.1) is 5.82 Å². The Balaban J connectivity index is 1.96. The molecule has 0 aliphatic heterocycles. The van der Waals surface area contributed by atoms with Gasteiger partial charge in [0.05, 0.1) is 0 Å². The highest BCUT2D eigenvalue weighted by molar-refractivity contribution is 5.73. The van der Waals surface area contributed by atoms with Crippen molar-refractivity contribution >= 4 is 6.08 Å². The van der Waals surface area contributed by atoms with Crippen LogP contribution in [0.25, 0.3) is 17.2 Å². The molecule has 3 rings (SSSR count). The molecule has 0 aliphatic rings. The van der Waals surface area contributed by atoms with Crippen LogP contribution in [0.1, 0.15) is 11.1 Å². The van der Waals surface area contributed by atoms with Gasteiger partial charge in [-0.3, -0.25) is 0 Å². The van der Waals surface area contributed by atoms with E-state index in [9.17, 15) is 4.39 Å². The van der Waals surface area contributed by atoms with Gasteiger partial charge in [0.1, 0.15) is 18.2 Å². The molecule has 0 aliphatic carbocycles. The van der Waals surface area contributed by atoms with Crippen molar-refractivity contribution in [3.05, 3.63) is 96.3 Å². The van der Waals surface area contributed by atoms with E-state index in [-0.39, 0.29) is 5.82 Å². The summed E-state index contributed by atoms with van der Waals surface area (Å²) in [7, 11) is 0. The van der Waals surface area contributed by atoms with Gasteiger partial charge in [-0.05, 0) is 29.3 Å². The molecule has 2 heteroatoms. The van der Waals surface area contributed by atoms with E-state index in [0.29, 0.717) is 17.9 Å². The summed E-state index contributed by atoms with van der Waals surface area (Å²) in [4.78, 5) is 0. The smallest absolute Gasteiger partial charge is 0.131 e. The Labute approximate surface area is 135 Å². The van der Waals surface area contributed by atoms with Gasteiger partial charge in [0.25, 0.3) is 0 Å². The van der Waals surface area contributed by atoms with Crippen LogP contribution in [0.2, 0.25) is 0 Å². The predicted molar refractivity (Wildman–Crippen MR) is 92.7 cm³/mol. The zero-order valence-corrected chi connectivity index (χ0v) is 12.7. The van der Waals surface area contributed by atoms with Gasteiger partial charge in [0.15, 0.2) is 0 Å². The zero-order valence-electron chi connectivity index (χ0n) is 12.7. The molecule has 0 N–H and O–H groups in total. The molecule has 0 radical (unpaired) electrons. The second-order valence-electron chi connectivity index (χ2n) is 5.21. The lowest BCUT2D eigenvalue weighted by molar-refractivity contribution is 0.307. The normalized spacial score (nSPS) is 10.3. The lowest BCUT2D eigenvalue weighted by atomic mass is 10.0. The van der Waals surface area contributed by atoms with Gasteiger partial charge in [-0.2, -0.15) is 0 Å². The molecule has 3 aromatic carbocycles. The molecule has 0 spiro atoms. The largest absolute Gasteiger partial charge is 0.488 e. The van der Waals surface area contributed by atoms with Crippen LogP contribution in [0.4, 0.5) is 4.39 Å². The summed E-state index contributed by atoms with van der Waals surface area (Å²) in [6.45, 7) is 4.22. The van der Waals surface area contributed by atoms with Crippen molar-refractivity contribution in [2.24, 2.45) is 0 Å². The van der Waals surface area contributed by atoms with Crippen LogP contribution >= 0.6 is 0 Å². The Morgan fingerprint density at radius 2 is 1.61 bits per heavy atom. The molecule has 0 aromatic heterocycles. The van der Waals surface area contributed by atoms with Crippen molar-refractivity contribution in [3.8, 4) is 16.9 Å². The Bertz CT molecular complexity index is 809. The Morgan fingerprint density at radius 1 is 0.870 bits per heavy atom. The maximum atomic E-state index is 14.2. The van der Waals surface area contributed by atoms with E-state index < -0.39 is 0 Å². The average Bonchev–Trinajstić information content (AvgIpc) is 2.61. The van der Waals surface area contributed by atoms with Gasteiger partial charge in [-0.15, -0.1) is 0 Å². The second-order valence-corrected chi connectivity index (χ2v) is 5.21. The molecule has 0 saturated carbocycles. The number of hydrogen-bond donors (Lipinski definition) is 0. The summed E-state index contributed by atoms with van der Waals surface area (Å²) in [5, 5.41) is 0. The van der Waals surface area contributed by atoms with E-state index in [1.165, 1.54) is 6.07 Å². The fourth-order valence-corrected chi connectivity index (χ4v) is 2.43. The molecule has 0 unspecified atom stereocenters. The maximum Gasteiger partial charge on any atom is 0.131 e. The highest BCUT2D eigenvalue weighted by Gasteiger charge is 2.11. The molecular weight excluding hydrogens is 287 g/mol. The Morgan fingerprint density at radius 3 is 2.35 bits per heavy atom. The lowest BCUT2D eigenvalue weighted by Crippen LogP contribution is -1.98. The minimum Gasteiger partial charge on any atom is -0.488 e. The first-order valence-corrected chi connectivity index (χ1v) is 7.46. The van der Waals surface area contributed by atoms with Crippen LogP contribution < -0.4 is 4.74 Å². The lowest BCUT2D eigenvalue weighted by Gasteiger charge is -2.13. The van der Waals surface area contributed by atoms with Crippen molar-refractivity contribution < 1.29 is 9.13 Å². The summed E-state index contributed by atoms with van der Waals surface area (Å²) >= 11 is 0. The van der Waals surface area contributed by atoms with Crippen LogP contribution in [-0.2, 0) is 6.61 Å². The Hall–Kier alpha value is -2.87. The average molecular weight is 304 g/mol. The third-order valence-electron chi connectivity index (χ3n) is 3.64. The van der Waals surface area contributed by atoms with Gasteiger partial charge in [-0.1, -0.05) is 67.3 Å². The van der Waals surface area contributed by atoms with Crippen molar-refractivity contribution in [3.63, 3.8) is 0 Å². The number of ether oxygens (including phenoxy) is 1. The van der Waals surface area contributed by atoms with Crippen LogP contribution in [0.5, 0.6) is 5.75 Å². The molecule has 0 amide bonds. The maximum absolute atomic E-state index is 14.2. The van der Waals surface area contributed by atoms with Crippen LogP contribution in [-0.4, -0.2) is 0 Å². The topological polar surface area (TPSA) is 9.23 Å². The van der Waals surface area contributed by atoms with Gasteiger partial charge < -0.3 is 4.74 Å². The molecule has 1 nitrogen and oxygen atoms in total. The molecule has 0 atom stereocenters. The molecule has 23 heavy (non-hydrogen) atoms. The minimum absolute atomic E-state index is 0.265. The van der Waals surface area contributed by atoms with E-state index in [1.807, 2.05) is 54.6 Å². The fourth-order valence-electron chi connectivity index (χ4n) is 2.43. The van der Waals surface area contributed by atoms with E-state index in [4.69, 9.17) is 4.74 Å². The summed E-state index contributed by atoms with van der Waals surface area (Å²) in [5.74, 6) is 0.392. The molecule has 114 valence electrons. The SMILES string of the molecule is C=Cc1ccc(OCc2ccccc2)c(-c2ccccc2F)c1. The minimum atomic E-state index is -0.265. The first-order chi connectivity index (χ1) is 11.3. The van der Waals surface area contributed by atoms with Crippen LogP contribution in [0.3, 0.4) is 0 Å². The van der Waals surface area contributed by atoms with Gasteiger partial charge >= 0.3 is 0 Å². The third kappa shape index (κ3) is 3.49. The summed E-state index contributed by atoms with van der Waals surface area (Å²) in [5.41, 5.74) is 3.26. The van der Waals surface area contributed by atoms with E-state index >= 15 is 0 Å². The number of halogens is 1. The summed E-state index contributed by atoms with van der Waals surface area (Å²) in [6.07, 6.45) is 1.74. The van der Waals surface area contributed by atoms with Crippen molar-refractivity contribution in [2.75, 3.05) is 0 Å². The van der Waals surface area contributed by atoms with Gasteiger partial charge in [0.2, 0.25) is 0 Å².